The topological polar surface area (TPSA) is 61.8 Å². The number of anilines is 2. The number of hydrogen-bond acceptors (Lipinski definition) is 4. The summed E-state index contributed by atoms with van der Waals surface area (Å²) in [5, 5.41) is 13.0. The number of piperidine rings is 1. The van der Waals surface area contributed by atoms with Crippen molar-refractivity contribution in [2.45, 2.75) is 31.3 Å². The van der Waals surface area contributed by atoms with Crippen LogP contribution in [-0.4, -0.2) is 36.3 Å². The van der Waals surface area contributed by atoms with Gasteiger partial charge in [-0.2, -0.15) is 0 Å². The molecule has 2 N–H and O–H groups in total. The van der Waals surface area contributed by atoms with Gasteiger partial charge in [-0.05, 0) is 25.3 Å². The quantitative estimate of drug-likeness (QED) is 0.630. The first kappa shape index (κ1) is 22.0. The zero-order valence-corrected chi connectivity index (χ0v) is 17.8. The first-order valence-electron chi connectivity index (χ1n) is 9.72. The Bertz CT molecular complexity index is 1040. The first-order valence-corrected chi connectivity index (χ1v) is 10.5. The van der Waals surface area contributed by atoms with Gasteiger partial charge >= 0.3 is 0 Å². The number of fused-ring (bicyclic) bond motifs is 1. The molecule has 0 atom stereocenters. The van der Waals surface area contributed by atoms with E-state index in [1.807, 2.05) is 0 Å². The lowest BCUT2D eigenvalue weighted by Crippen LogP contribution is -2.48. The molecule has 0 bridgehead atoms. The third-order valence-electron chi connectivity index (χ3n) is 5.67. The van der Waals surface area contributed by atoms with E-state index in [1.54, 1.807) is 4.90 Å². The minimum atomic E-state index is -1.24. The number of aliphatic hydroxyl groups is 1. The molecule has 10 heteroatoms. The van der Waals surface area contributed by atoms with Gasteiger partial charge in [0.05, 0.1) is 16.4 Å². The van der Waals surface area contributed by atoms with E-state index in [0.717, 1.165) is 18.2 Å². The summed E-state index contributed by atoms with van der Waals surface area (Å²) >= 11 is 11.6. The van der Waals surface area contributed by atoms with E-state index >= 15 is 0 Å². The molecule has 2 aliphatic heterocycles. The number of benzene rings is 2. The maximum Gasteiger partial charge on any atom is 0.224 e. The number of hydrogen-bond donors (Lipinski definition) is 2. The van der Waals surface area contributed by atoms with Gasteiger partial charge in [-0.3, -0.25) is 4.79 Å². The first-order chi connectivity index (χ1) is 14.7. The fourth-order valence-electron chi connectivity index (χ4n) is 3.86. The molecule has 1 amide bonds. The molecular weight excluding hydrogens is 456 g/mol. The number of carbonyl (C=O) groups is 1. The standard InChI is InChI=1S/C21H19Cl2F3N2O3/c22-12-7-14(25)16(8-13(12)24)28-5-3-21(30,4-6-28)10-31-17-9-15(26)19(23)20-11(17)1-2-18(29)27-20/h7-9,30H,1-6,10H2,(H,27,29). The monoisotopic (exact) mass is 474 g/mol. The molecule has 0 radical (unpaired) electrons. The maximum atomic E-state index is 14.2. The molecule has 1 saturated heterocycles. The molecule has 2 aromatic carbocycles. The summed E-state index contributed by atoms with van der Waals surface area (Å²) in [6, 6.07) is 3.10. The van der Waals surface area contributed by atoms with Gasteiger partial charge in [0.1, 0.15) is 40.4 Å². The van der Waals surface area contributed by atoms with Gasteiger partial charge in [-0.25, -0.2) is 13.2 Å². The van der Waals surface area contributed by atoms with Crippen molar-refractivity contribution in [2.24, 2.45) is 0 Å². The van der Waals surface area contributed by atoms with Crippen LogP contribution in [0.5, 0.6) is 5.75 Å². The van der Waals surface area contributed by atoms with E-state index < -0.39 is 23.1 Å². The van der Waals surface area contributed by atoms with Gasteiger partial charge in [0.2, 0.25) is 5.91 Å². The molecule has 166 valence electrons. The van der Waals surface area contributed by atoms with Crippen molar-refractivity contribution in [1.82, 2.24) is 0 Å². The fourth-order valence-corrected chi connectivity index (χ4v) is 4.23. The number of amides is 1. The summed E-state index contributed by atoms with van der Waals surface area (Å²) < 4.78 is 47.8. The Kier molecular flexibility index (Phi) is 5.98. The van der Waals surface area contributed by atoms with Gasteiger partial charge in [0.15, 0.2) is 0 Å². The van der Waals surface area contributed by atoms with E-state index in [0.29, 0.717) is 12.0 Å². The van der Waals surface area contributed by atoms with Crippen molar-refractivity contribution >= 4 is 40.5 Å². The van der Waals surface area contributed by atoms with Crippen LogP contribution < -0.4 is 15.0 Å². The molecule has 2 heterocycles. The smallest absolute Gasteiger partial charge is 0.224 e. The second-order valence-corrected chi connectivity index (χ2v) is 8.58. The molecule has 4 rings (SSSR count). The Hall–Kier alpha value is -2.16. The Morgan fingerprint density at radius 2 is 1.77 bits per heavy atom. The van der Waals surface area contributed by atoms with Crippen molar-refractivity contribution in [3.05, 3.63) is 51.3 Å². The number of rotatable bonds is 4. The van der Waals surface area contributed by atoms with Crippen LogP contribution in [0.4, 0.5) is 24.5 Å². The number of ether oxygens (including phenoxy) is 1. The van der Waals surface area contributed by atoms with Crippen molar-refractivity contribution in [2.75, 3.05) is 29.9 Å². The molecule has 5 nitrogen and oxygen atoms in total. The summed E-state index contributed by atoms with van der Waals surface area (Å²) in [6.45, 7) is 0.405. The SMILES string of the molecule is O=C1CCc2c(OCC3(O)CCN(c4cc(F)c(Cl)cc4F)CC3)cc(F)c(Cl)c2N1. The number of nitrogens with one attached hydrogen (secondary N) is 1. The minimum absolute atomic E-state index is 0.0782. The largest absolute Gasteiger partial charge is 0.490 e. The van der Waals surface area contributed by atoms with Gasteiger partial charge in [-0.1, -0.05) is 23.2 Å². The van der Waals surface area contributed by atoms with E-state index in [2.05, 4.69) is 5.32 Å². The molecular formula is C21H19Cl2F3N2O3. The summed E-state index contributed by atoms with van der Waals surface area (Å²) in [5.41, 5.74) is -0.395. The lowest BCUT2D eigenvalue weighted by Gasteiger charge is -2.39. The molecule has 2 aromatic rings. The zero-order valence-electron chi connectivity index (χ0n) is 16.3. The van der Waals surface area contributed by atoms with Crippen LogP contribution in [0.1, 0.15) is 24.8 Å². The highest BCUT2D eigenvalue weighted by atomic mass is 35.5. The summed E-state index contributed by atoms with van der Waals surface area (Å²) in [7, 11) is 0. The van der Waals surface area contributed by atoms with E-state index in [-0.39, 0.29) is 72.0 Å². The normalized spacial score (nSPS) is 17.9. The van der Waals surface area contributed by atoms with Gasteiger partial charge in [0, 0.05) is 37.2 Å². The second kappa shape index (κ2) is 8.41. The van der Waals surface area contributed by atoms with Crippen molar-refractivity contribution in [3.8, 4) is 5.75 Å². The molecule has 1 fully saturated rings. The third-order valence-corrected chi connectivity index (χ3v) is 6.33. The van der Waals surface area contributed by atoms with Crippen LogP contribution in [0.2, 0.25) is 10.0 Å². The summed E-state index contributed by atoms with van der Waals surface area (Å²) in [6.07, 6.45) is 1.01. The average Bonchev–Trinajstić information content (AvgIpc) is 2.73. The van der Waals surface area contributed by atoms with Crippen LogP contribution in [-0.2, 0) is 11.2 Å². The maximum absolute atomic E-state index is 14.2. The molecule has 2 aliphatic rings. The number of carbonyl (C=O) groups excluding carboxylic acids is 1. The Morgan fingerprint density at radius 3 is 2.48 bits per heavy atom. The Labute approximate surface area is 186 Å². The lowest BCUT2D eigenvalue weighted by molar-refractivity contribution is -0.116. The minimum Gasteiger partial charge on any atom is -0.490 e. The molecule has 0 saturated carbocycles. The molecule has 0 spiro atoms. The van der Waals surface area contributed by atoms with Crippen molar-refractivity contribution < 1.29 is 27.8 Å². The van der Waals surface area contributed by atoms with Crippen LogP contribution in [0.3, 0.4) is 0 Å². The Balaban J connectivity index is 1.45. The van der Waals surface area contributed by atoms with E-state index in [4.69, 9.17) is 27.9 Å². The Morgan fingerprint density at radius 1 is 1.06 bits per heavy atom. The zero-order chi connectivity index (χ0) is 22.3. The molecule has 0 aliphatic carbocycles. The highest BCUT2D eigenvalue weighted by Gasteiger charge is 2.35. The van der Waals surface area contributed by atoms with Gasteiger partial charge in [0.25, 0.3) is 0 Å². The van der Waals surface area contributed by atoms with Gasteiger partial charge < -0.3 is 20.1 Å². The van der Waals surface area contributed by atoms with Crippen LogP contribution in [0.15, 0.2) is 18.2 Å². The summed E-state index contributed by atoms with van der Waals surface area (Å²) in [5.74, 6) is -2.15. The number of halogens is 5. The molecule has 0 unspecified atom stereocenters. The predicted molar refractivity (Wildman–Crippen MR) is 112 cm³/mol. The highest BCUT2D eigenvalue weighted by Crippen LogP contribution is 2.40. The second-order valence-electron chi connectivity index (χ2n) is 7.79. The van der Waals surface area contributed by atoms with E-state index in [1.165, 1.54) is 0 Å². The third kappa shape index (κ3) is 4.42. The highest BCUT2D eigenvalue weighted by molar-refractivity contribution is 6.34. The van der Waals surface area contributed by atoms with E-state index in [9.17, 15) is 23.1 Å². The van der Waals surface area contributed by atoms with Crippen LogP contribution in [0, 0.1) is 17.5 Å². The molecule has 0 aromatic heterocycles. The molecule has 31 heavy (non-hydrogen) atoms. The van der Waals surface area contributed by atoms with Crippen molar-refractivity contribution in [1.29, 1.82) is 0 Å². The van der Waals surface area contributed by atoms with Crippen LogP contribution >= 0.6 is 23.2 Å². The number of nitrogens with zero attached hydrogens (tertiary/aromatic N) is 1. The fraction of sp³-hybridized carbons (Fsp3) is 0.381. The average molecular weight is 475 g/mol. The predicted octanol–water partition coefficient (Wildman–Crippen LogP) is 4.71. The van der Waals surface area contributed by atoms with Crippen LogP contribution in [0.25, 0.3) is 0 Å². The lowest BCUT2D eigenvalue weighted by atomic mass is 9.92. The summed E-state index contributed by atoms with van der Waals surface area (Å²) in [4.78, 5) is 13.3. The van der Waals surface area contributed by atoms with Gasteiger partial charge in [-0.15, -0.1) is 0 Å². The van der Waals surface area contributed by atoms with Crippen molar-refractivity contribution in [3.63, 3.8) is 0 Å².